The van der Waals surface area contributed by atoms with Crippen molar-refractivity contribution in [3.05, 3.63) is 65.0 Å². The third kappa shape index (κ3) is 3.24. The van der Waals surface area contributed by atoms with Crippen molar-refractivity contribution >= 4 is 0 Å². The number of halogens is 1. The Hall–Kier alpha value is -1.87. The van der Waals surface area contributed by atoms with E-state index in [4.69, 9.17) is 4.74 Å². The molecule has 1 fully saturated rings. The summed E-state index contributed by atoms with van der Waals surface area (Å²) in [6.07, 6.45) is 2.66. The van der Waals surface area contributed by atoms with E-state index in [9.17, 15) is 4.39 Å². The molecule has 1 aliphatic rings. The zero-order valence-corrected chi connectivity index (χ0v) is 12.4. The lowest BCUT2D eigenvalue weighted by Gasteiger charge is -2.20. The van der Waals surface area contributed by atoms with Gasteiger partial charge < -0.3 is 10.1 Å². The molecule has 0 saturated heterocycles. The molecule has 0 spiro atoms. The SMILES string of the molecule is CNC(c1cccc(OC2CC2)c1)c1cc(F)ccc1C. The standard InChI is InChI=1S/C18H20FNO/c1-12-6-7-14(19)11-17(12)18(20-2)13-4-3-5-16(10-13)21-15-8-9-15/h3-7,10-11,15,18,20H,8-9H2,1-2H3. The normalized spacial score (nSPS) is 15.8. The number of rotatable bonds is 5. The van der Waals surface area contributed by atoms with Gasteiger partial charge in [-0.1, -0.05) is 18.2 Å². The van der Waals surface area contributed by atoms with Gasteiger partial charge in [0.15, 0.2) is 0 Å². The molecule has 1 aliphatic carbocycles. The Labute approximate surface area is 125 Å². The van der Waals surface area contributed by atoms with E-state index in [0.29, 0.717) is 6.10 Å². The summed E-state index contributed by atoms with van der Waals surface area (Å²) in [7, 11) is 1.89. The number of ether oxygens (including phenoxy) is 1. The second-order valence-corrected chi connectivity index (χ2v) is 5.61. The average molecular weight is 285 g/mol. The average Bonchev–Trinajstić information content (AvgIpc) is 3.28. The Balaban J connectivity index is 1.93. The Bertz CT molecular complexity index is 637. The second kappa shape index (κ2) is 5.86. The molecule has 2 nitrogen and oxygen atoms in total. The molecule has 1 saturated carbocycles. The number of hydrogen-bond donors (Lipinski definition) is 1. The fourth-order valence-electron chi connectivity index (χ4n) is 2.57. The Morgan fingerprint density at radius 3 is 2.71 bits per heavy atom. The Morgan fingerprint density at radius 2 is 2.00 bits per heavy atom. The van der Waals surface area contributed by atoms with Crippen LogP contribution in [0.25, 0.3) is 0 Å². The first kappa shape index (κ1) is 14.1. The van der Waals surface area contributed by atoms with Gasteiger partial charge >= 0.3 is 0 Å². The summed E-state index contributed by atoms with van der Waals surface area (Å²) in [5, 5.41) is 3.28. The van der Waals surface area contributed by atoms with Crippen LogP contribution in [0.1, 0.15) is 35.6 Å². The molecule has 0 aromatic heterocycles. The molecule has 0 radical (unpaired) electrons. The molecule has 0 amide bonds. The molecular formula is C18H20FNO. The Kier molecular flexibility index (Phi) is 3.93. The summed E-state index contributed by atoms with van der Waals surface area (Å²) < 4.78 is 19.4. The van der Waals surface area contributed by atoms with Crippen molar-refractivity contribution in [1.82, 2.24) is 5.32 Å². The van der Waals surface area contributed by atoms with Crippen LogP contribution in [0, 0.1) is 12.7 Å². The van der Waals surface area contributed by atoms with Crippen molar-refractivity contribution in [3.63, 3.8) is 0 Å². The van der Waals surface area contributed by atoms with Crippen LogP contribution in [0.2, 0.25) is 0 Å². The highest BCUT2D eigenvalue weighted by Gasteiger charge is 2.24. The fraction of sp³-hybridized carbons (Fsp3) is 0.333. The molecule has 1 N–H and O–H groups in total. The van der Waals surface area contributed by atoms with E-state index in [2.05, 4.69) is 5.32 Å². The van der Waals surface area contributed by atoms with Gasteiger partial charge in [0.1, 0.15) is 11.6 Å². The summed E-state index contributed by atoms with van der Waals surface area (Å²) in [4.78, 5) is 0. The van der Waals surface area contributed by atoms with Crippen LogP contribution < -0.4 is 10.1 Å². The van der Waals surface area contributed by atoms with Gasteiger partial charge in [-0.15, -0.1) is 0 Å². The van der Waals surface area contributed by atoms with E-state index in [1.165, 1.54) is 6.07 Å². The van der Waals surface area contributed by atoms with Crippen LogP contribution in [0.3, 0.4) is 0 Å². The highest BCUT2D eigenvalue weighted by Crippen LogP contribution is 2.31. The zero-order valence-electron chi connectivity index (χ0n) is 12.4. The van der Waals surface area contributed by atoms with Crippen LogP contribution >= 0.6 is 0 Å². The third-order valence-electron chi connectivity index (χ3n) is 3.86. The van der Waals surface area contributed by atoms with Gasteiger partial charge in [0, 0.05) is 0 Å². The zero-order chi connectivity index (χ0) is 14.8. The van der Waals surface area contributed by atoms with Crippen LogP contribution in [-0.4, -0.2) is 13.2 Å². The third-order valence-corrected chi connectivity index (χ3v) is 3.86. The van der Waals surface area contributed by atoms with E-state index < -0.39 is 0 Å². The van der Waals surface area contributed by atoms with Crippen LogP contribution in [0.4, 0.5) is 4.39 Å². The number of hydrogen-bond acceptors (Lipinski definition) is 2. The van der Waals surface area contributed by atoms with Gasteiger partial charge in [-0.25, -0.2) is 4.39 Å². The van der Waals surface area contributed by atoms with Crippen LogP contribution in [0.15, 0.2) is 42.5 Å². The molecule has 1 atom stereocenters. The monoisotopic (exact) mass is 285 g/mol. The Morgan fingerprint density at radius 1 is 1.19 bits per heavy atom. The number of benzene rings is 2. The predicted octanol–water partition coefficient (Wildman–Crippen LogP) is 3.98. The van der Waals surface area contributed by atoms with Crippen molar-refractivity contribution in [1.29, 1.82) is 0 Å². The smallest absolute Gasteiger partial charge is 0.123 e. The second-order valence-electron chi connectivity index (χ2n) is 5.61. The maximum Gasteiger partial charge on any atom is 0.123 e. The molecular weight excluding hydrogens is 265 g/mol. The summed E-state index contributed by atoms with van der Waals surface area (Å²) in [5.41, 5.74) is 3.12. The van der Waals surface area contributed by atoms with Crippen molar-refractivity contribution in [2.45, 2.75) is 31.9 Å². The lowest BCUT2D eigenvalue weighted by molar-refractivity contribution is 0.302. The van der Waals surface area contributed by atoms with E-state index >= 15 is 0 Å². The molecule has 110 valence electrons. The molecule has 1 unspecified atom stereocenters. The lowest BCUT2D eigenvalue weighted by atomic mass is 9.95. The molecule has 3 heteroatoms. The van der Waals surface area contributed by atoms with Gasteiger partial charge in [0.2, 0.25) is 0 Å². The van der Waals surface area contributed by atoms with Crippen molar-refractivity contribution in [2.24, 2.45) is 0 Å². The quantitative estimate of drug-likeness (QED) is 0.897. The minimum Gasteiger partial charge on any atom is -0.490 e. The van der Waals surface area contributed by atoms with Gasteiger partial charge in [0.25, 0.3) is 0 Å². The largest absolute Gasteiger partial charge is 0.490 e. The van der Waals surface area contributed by atoms with Gasteiger partial charge in [-0.05, 0) is 67.8 Å². The van der Waals surface area contributed by atoms with E-state index in [1.54, 1.807) is 6.07 Å². The van der Waals surface area contributed by atoms with Crippen LogP contribution in [-0.2, 0) is 0 Å². The first-order valence-electron chi connectivity index (χ1n) is 7.37. The molecule has 0 heterocycles. The lowest BCUT2D eigenvalue weighted by Crippen LogP contribution is -2.19. The fourth-order valence-corrected chi connectivity index (χ4v) is 2.57. The van der Waals surface area contributed by atoms with Crippen molar-refractivity contribution in [2.75, 3.05) is 7.05 Å². The topological polar surface area (TPSA) is 21.3 Å². The van der Waals surface area contributed by atoms with E-state index in [0.717, 1.165) is 35.3 Å². The number of nitrogens with one attached hydrogen (secondary N) is 1. The maximum absolute atomic E-state index is 13.6. The van der Waals surface area contributed by atoms with Crippen LogP contribution in [0.5, 0.6) is 5.75 Å². The molecule has 2 aromatic rings. The summed E-state index contributed by atoms with van der Waals surface area (Å²) in [6, 6.07) is 12.9. The first-order chi connectivity index (χ1) is 10.2. The highest BCUT2D eigenvalue weighted by atomic mass is 19.1. The molecule has 3 rings (SSSR count). The molecule has 2 aromatic carbocycles. The minimum absolute atomic E-state index is 0.0385. The predicted molar refractivity (Wildman–Crippen MR) is 82.1 cm³/mol. The maximum atomic E-state index is 13.6. The van der Waals surface area contributed by atoms with E-state index in [1.807, 2.05) is 44.3 Å². The highest BCUT2D eigenvalue weighted by molar-refractivity contribution is 5.40. The molecule has 21 heavy (non-hydrogen) atoms. The summed E-state index contributed by atoms with van der Waals surface area (Å²) in [5.74, 6) is 0.686. The minimum atomic E-state index is -0.207. The summed E-state index contributed by atoms with van der Waals surface area (Å²) in [6.45, 7) is 2.00. The van der Waals surface area contributed by atoms with E-state index in [-0.39, 0.29) is 11.9 Å². The van der Waals surface area contributed by atoms with Gasteiger partial charge in [0.05, 0.1) is 12.1 Å². The summed E-state index contributed by atoms with van der Waals surface area (Å²) >= 11 is 0. The van der Waals surface area contributed by atoms with Gasteiger partial charge in [-0.3, -0.25) is 0 Å². The molecule has 0 bridgehead atoms. The van der Waals surface area contributed by atoms with Crippen molar-refractivity contribution < 1.29 is 9.13 Å². The molecule has 0 aliphatic heterocycles. The number of aryl methyl sites for hydroxylation is 1. The first-order valence-corrected chi connectivity index (χ1v) is 7.37. The van der Waals surface area contributed by atoms with Crippen molar-refractivity contribution in [3.8, 4) is 5.75 Å². The van der Waals surface area contributed by atoms with Gasteiger partial charge in [-0.2, -0.15) is 0 Å².